The van der Waals surface area contributed by atoms with E-state index in [9.17, 15) is 0 Å². The minimum Gasteiger partial charge on any atom is -0.351 e. The van der Waals surface area contributed by atoms with Crippen molar-refractivity contribution in [2.24, 2.45) is 0 Å². The van der Waals surface area contributed by atoms with Crippen molar-refractivity contribution in [1.29, 1.82) is 0 Å². The third kappa shape index (κ3) is 4.00. The van der Waals surface area contributed by atoms with Crippen LogP contribution in [0.5, 0.6) is 0 Å². The fourth-order valence-corrected chi connectivity index (χ4v) is 6.05. The number of hydrogen-bond acceptors (Lipinski definition) is 2. The van der Waals surface area contributed by atoms with Gasteiger partial charge < -0.3 is 14.8 Å². The van der Waals surface area contributed by atoms with Crippen molar-refractivity contribution < 1.29 is 0 Å². The lowest BCUT2D eigenvalue weighted by Gasteiger charge is -2.28. The molecular weight excluding hydrogens is 472 g/mol. The van der Waals surface area contributed by atoms with Gasteiger partial charge in [0.25, 0.3) is 0 Å². The van der Waals surface area contributed by atoms with Crippen LogP contribution in [0.4, 0.5) is 5.69 Å². The molecule has 0 saturated carbocycles. The molecule has 0 radical (unpaired) electrons. The van der Waals surface area contributed by atoms with Crippen LogP contribution in [0.2, 0.25) is 0 Å². The van der Waals surface area contributed by atoms with Gasteiger partial charge in [0.15, 0.2) is 5.11 Å². The molecule has 5 aromatic rings. The Balaban J connectivity index is 1.53. The van der Waals surface area contributed by atoms with Crippen LogP contribution in [0.1, 0.15) is 47.2 Å². The normalized spacial score (nSPS) is 17.4. The number of thiocarbonyl (C=S) groups is 1. The van der Waals surface area contributed by atoms with Crippen molar-refractivity contribution in [3.63, 3.8) is 0 Å². The quantitative estimate of drug-likeness (QED) is 0.254. The Hall–Kier alpha value is -3.96. The average molecular weight is 503 g/mol. The molecule has 1 aliphatic rings. The first-order valence-corrected chi connectivity index (χ1v) is 13.2. The number of nitrogens with one attached hydrogen (secondary N) is 1. The molecule has 2 atom stereocenters. The molecule has 0 aliphatic carbocycles. The number of nitrogens with zero attached hydrogens (tertiary/aromatic N) is 3. The molecule has 0 spiro atoms. The van der Waals surface area contributed by atoms with Gasteiger partial charge in [-0.25, -0.2) is 0 Å². The zero-order chi connectivity index (χ0) is 25.5. The lowest BCUT2D eigenvalue weighted by molar-refractivity contribution is 0.565. The summed E-state index contributed by atoms with van der Waals surface area (Å²) in [6.45, 7) is 6.59. The lowest BCUT2D eigenvalue weighted by atomic mass is 9.96. The number of anilines is 1. The first kappa shape index (κ1) is 23.4. The molecule has 184 valence electrons. The van der Waals surface area contributed by atoms with E-state index in [1.165, 1.54) is 39.0 Å². The van der Waals surface area contributed by atoms with E-state index < -0.39 is 0 Å². The highest BCUT2D eigenvalue weighted by molar-refractivity contribution is 7.80. The summed E-state index contributed by atoms with van der Waals surface area (Å²) in [4.78, 5) is 7.00. The monoisotopic (exact) mass is 502 g/mol. The fraction of sp³-hybridized carbons (Fsp3) is 0.188. The number of aryl methyl sites for hydroxylation is 2. The summed E-state index contributed by atoms with van der Waals surface area (Å²) in [5.41, 5.74) is 8.23. The summed E-state index contributed by atoms with van der Waals surface area (Å²) in [6.07, 6.45) is 2.87. The van der Waals surface area contributed by atoms with Crippen LogP contribution in [0.3, 0.4) is 0 Å². The molecule has 5 heteroatoms. The lowest BCUT2D eigenvalue weighted by Crippen LogP contribution is -2.29. The number of pyridine rings is 1. The SMILES string of the molecule is CCc1ccc(N2C(=S)N[C@H](c3ccccn3)[C@@H]2c2cc(C)n(-c3cccc4ccccc34)c2C)cc1. The first-order valence-electron chi connectivity index (χ1n) is 12.8. The molecule has 2 aromatic heterocycles. The van der Waals surface area contributed by atoms with E-state index in [0.29, 0.717) is 0 Å². The van der Waals surface area contributed by atoms with Gasteiger partial charge >= 0.3 is 0 Å². The predicted molar refractivity (Wildman–Crippen MR) is 157 cm³/mol. The molecule has 1 N–H and O–H groups in total. The average Bonchev–Trinajstić information content (AvgIpc) is 3.43. The van der Waals surface area contributed by atoms with Crippen LogP contribution in [0, 0.1) is 13.8 Å². The molecule has 0 amide bonds. The summed E-state index contributed by atoms with van der Waals surface area (Å²) >= 11 is 5.96. The van der Waals surface area contributed by atoms with Gasteiger partial charge in [0.1, 0.15) is 0 Å². The summed E-state index contributed by atoms with van der Waals surface area (Å²) in [7, 11) is 0. The number of aromatic nitrogens is 2. The molecule has 0 unspecified atom stereocenters. The van der Waals surface area contributed by atoms with E-state index in [1.807, 2.05) is 18.3 Å². The van der Waals surface area contributed by atoms with Gasteiger partial charge in [0.05, 0.1) is 23.5 Å². The summed E-state index contributed by atoms with van der Waals surface area (Å²) in [5.74, 6) is 0. The van der Waals surface area contributed by atoms with Crippen LogP contribution in [0.25, 0.3) is 16.5 Å². The minimum absolute atomic E-state index is 0.0372. The summed E-state index contributed by atoms with van der Waals surface area (Å²) < 4.78 is 2.38. The highest BCUT2D eigenvalue weighted by Crippen LogP contribution is 2.44. The van der Waals surface area contributed by atoms with E-state index in [-0.39, 0.29) is 12.1 Å². The standard InChI is InChI=1S/C32H30N4S/c1-4-23-15-17-25(18-16-23)36-31(30(34-32(36)37)28-13-7-8-19-33-28)27-20-21(2)35(22(27)3)29-14-9-11-24-10-5-6-12-26(24)29/h5-20,30-31H,4H2,1-3H3,(H,34,37)/t30-,31+/m1/s1. The second-order valence-corrected chi connectivity index (χ2v) is 10.1. The fourth-order valence-electron chi connectivity index (χ4n) is 5.70. The Labute approximate surface area is 223 Å². The highest BCUT2D eigenvalue weighted by atomic mass is 32.1. The molecular formula is C32H30N4S. The predicted octanol–water partition coefficient (Wildman–Crippen LogP) is 7.38. The number of fused-ring (bicyclic) bond motifs is 1. The number of hydrogen-bond donors (Lipinski definition) is 1. The third-order valence-corrected chi connectivity index (χ3v) is 7.83. The maximum absolute atomic E-state index is 5.96. The second kappa shape index (κ2) is 9.49. The van der Waals surface area contributed by atoms with Gasteiger partial charge in [-0.15, -0.1) is 0 Å². The third-order valence-electron chi connectivity index (χ3n) is 7.52. The van der Waals surface area contributed by atoms with Gasteiger partial charge in [-0.05, 0) is 85.4 Å². The van der Waals surface area contributed by atoms with Crippen molar-refractivity contribution in [2.45, 2.75) is 39.3 Å². The molecule has 3 aromatic carbocycles. The van der Waals surface area contributed by atoms with Crippen molar-refractivity contribution in [3.8, 4) is 5.69 Å². The Morgan fingerprint density at radius 1 is 0.892 bits per heavy atom. The molecule has 1 fully saturated rings. The van der Waals surface area contributed by atoms with E-state index in [4.69, 9.17) is 17.2 Å². The van der Waals surface area contributed by atoms with Crippen molar-refractivity contribution in [2.75, 3.05) is 4.90 Å². The molecule has 4 nitrogen and oxygen atoms in total. The minimum atomic E-state index is -0.0685. The van der Waals surface area contributed by atoms with Gasteiger partial charge in [0.2, 0.25) is 0 Å². The van der Waals surface area contributed by atoms with Crippen LogP contribution < -0.4 is 10.2 Å². The highest BCUT2D eigenvalue weighted by Gasteiger charge is 2.42. The first-order chi connectivity index (χ1) is 18.1. The van der Waals surface area contributed by atoms with E-state index in [0.717, 1.165) is 22.9 Å². The molecule has 3 heterocycles. The summed E-state index contributed by atoms with van der Waals surface area (Å²) in [6, 6.07) is 32.2. The zero-order valence-electron chi connectivity index (χ0n) is 21.3. The molecule has 1 saturated heterocycles. The Bertz CT molecular complexity index is 1580. The van der Waals surface area contributed by atoms with E-state index in [1.54, 1.807) is 0 Å². The smallest absolute Gasteiger partial charge is 0.174 e. The van der Waals surface area contributed by atoms with Gasteiger partial charge in [-0.1, -0.05) is 61.5 Å². The number of benzene rings is 3. The maximum atomic E-state index is 5.96. The molecule has 0 bridgehead atoms. The van der Waals surface area contributed by atoms with Crippen LogP contribution >= 0.6 is 12.2 Å². The second-order valence-electron chi connectivity index (χ2n) is 9.68. The van der Waals surface area contributed by atoms with Gasteiger partial charge in [-0.3, -0.25) is 4.98 Å². The Morgan fingerprint density at radius 2 is 1.65 bits per heavy atom. The van der Waals surface area contributed by atoms with E-state index in [2.05, 4.69) is 114 Å². The van der Waals surface area contributed by atoms with Crippen LogP contribution in [0.15, 0.2) is 97.2 Å². The van der Waals surface area contributed by atoms with Crippen LogP contribution in [-0.4, -0.2) is 14.7 Å². The molecule has 1 aliphatic heterocycles. The largest absolute Gasteiger partial charge is 0.351 e. The van der Waals surface area contributed by atoms with Crippen molar-refractivity contribution >= 4 is 33.8 Å². The topological polar surface area (TPSA) is 33.1 Å². The maximum Gasteiger partial charge on any atom is 0.174 e. The zero-order valence-corrected chi connectivity index (χ0v) is 22.2. The Morgan fingerprint density at radius 3 is 2.41 bits per heavy atom. The molecule has 6 rings (SSSR count). The Kier molecular flexibility index (Phi) is 6.01. The van der Waals surface area contributed by atoms with Crippen LogP contribution in [-0.2, 0) is 6.42 Å². The van der Waals surface area contributed by atoms with Gasteiger partial charge in [0, 0.05) is 28.7 Å². The molecule has 37 heavy (non-hydrogen) atoms. The van der Waals surface area contributed by atoms with Crippen molar-refractivity contribution in [1.82, 2.24) is 14.9 Å². The van der Waals surface area contributed by atoms with Gasteiger partial charge in [-0.2, -0.15) is 0 Å². The van der Waals surface area contributed by atoms with Crippen molar-refractivity contribution in [3.05, 3.63) is 125 Å². The summed E-state index contributed by atoms with van der Waals surface area (Å²) in [5, 5.41) is 6.81. The van der Waals surface area contributed by atoms with E-state index >= 15 is 0 Å². The number of rotatable bonds is 5.